The first-order chi connectivity index (χ1) is 7.13. The molecule has 0 fully saturated rings. The second kappa shape index (κ2) is 3.73. The van der Waals surface area contributed by atoms with E-state index in [2.05, 4.69) is 32.3 Å². The van der Waals surface area contributed by atoms with Crippen LogP contribution in [0.4, 0.5) is 5.82 Å². The fraction of sp³-hybridized carbons (Fsp3) is 0.100. The first-order valence-corrected chi connectivity index (χ1v) is 5.36. The number of fused-ring (bicyclic) bond motifs is 1. The average Bonchev–Trinajstić information content (AvgIpc) is 2.52. The third kappa shape index (κ3) is 1.67. The number of anilines is 1. The molecule has 2 rings (SSSR count). The van der Waals surface area contributed by atoms with Gasteiger partial charge in [0.2, 0.25) is 0 Å². The minimum Gasteiger partial charge on any atom is -0.465 e. The SMILES string of the molecule is COC(=O)c1c(N)[nH]c2cc(I)ccc12. The topological polar surface area (TPSA) is 68.1 Å². The van der Waals surface area contributed by atoms with E-state index in [9.17, 15) is 4.79 Å². The predicted molar refractivity (Wildman–Crippen MR) is 66.8 cm³/mol. The quantitative estimate of drug-likeness (QED) is 0.626. The molecule has 0 bridgehead atoms. The average molecular weight is 316 g/mol. The number of H-pyrrole nitrogens is 1. The van der Waals surface area contributed by atoms with Gasteiger partial charge in [0.25, 0.3) is 0 Å². The molecule has 0 saturated heterocycles. The number of aromatic nitrogens is 1. The maximum Gasteiger partial charge on any atom is 0.342 e. The third-order valence-corrected chi connectivity index (χ3v) is 2.85. The molecule has 0 aliphatic heterocycles. The van der Waals surface area contributed by atoms with Crippen LogP contribution < -0.4 is 5.73 Å². The highest BCUT2D eigenvalue weighted by atomic mass is 127. The van der Waals surface area contributed by atoms with Crippen molar-refractivity contribution in [2.24, 2.45) is 0 Å². The van der Waals surface area contributed by atoms with E-state index in [1.807, 2.05) is 18.2 Å². The standard InChI is InChI=1S/C10H9IN2O2/c1-15-10(14)8-6-3-2-5(11)4-7(6)13-9(8)12/h2-4,13H,12H2,1H3. The van der Waals surface area contributed by atoms with E-state index in [1.165, 1.54) is 7.11 Å². The van der Waals surface area contributed by atoms with Gasteiger partial charge in [-0.05, 0) is 34.7 Å². The van der Waals surface area contributed by atoms with Crippen LogP contribution in [0.2, 0.25) is 0 Å². The lowest BCUT2D eigenvalue weighted by Gasteiger charge is -1.97. The van der Waals surface area contributed by atoms with E-state index >= 15 is 0 Å². The highest BCUT2D eigenvalue weighted by Crippen LogP contribution is 2.26. The molecule has 1 aromatic heterocycles. The zero-order valence-corrected chi connectivity index (χ0v) is 10.2. The summed E-state index contributed by atoms with van der Waals surface area (Å²) in [7, 11) is 1.34. The van der Waals surface area contributed by atoms with E-state index in [-0.39, 0.29) is 0 Å². The van der Waals surface area contributed by atoms with Gasteiger partial charge in [-0.25, -0.2) is 4.79 Å². The van der Waals surface area contributed by atoms with E-state index in [0.717, 1.165) is 14.5 Å². The van der Waals surface area contributed by atoms with Crippen LogP contribution in [0.1, 0.15) is 10.4 Å². The Hall–Kier alpha value is -1.24. The number of ether oxygens (including phenoxy) is 1. The molecule has 0 saturated carbocycles. The van der Waals surface area contributed by atoms with E-state index in [0.29, 0.717) is 11.4 Å². The number of hydrogen-bond acceptors (Lipinski definition) is 3. The fourth-order valence-electron chi connectivity index (χ4n) is 1.51. The number of hydrogen-bond donors (Lipinski definition) is 2. The molecule has 5 heteroatoms. The van der Waals surface area contributed by atoms with Crippen LogP contribution in [0.25, 0.3) is 10.9 Å². The number of methoxy groups -OCH3 is 1. The van der Waals surface area contributed by atoms with Crippen molar-refractivity contribution in [2.75, 3.05) is 12.8 Å². The Morgan fingerprint density at radius 1 is 1.53 bits per heavy atom. The molecular formula is C10H9IN2O2. The number of rotatable bonds is 1. The maximum absolute atomic E-state index is 11.5. The molecule has 0 amide bonds. The molecular weight excluding hydrogens is 307 g/mol. The summed E-state index contributed by atoms with van der Waals surface area (Å²) in [6.07, 6.45) is 0. The van der Waals surface area contributed by atoms with Gasteiger partial charge in [-0.15, -0.1) is 0 Å². The van der Waals surface area contributed by atoms with Crippen molar-refractivity contribution in [3.63, 3.8) is 0 Å². The van der Waals surface area contributed by atoms with Crippen LogP contribution in [0.15, 0.2) is 18.2 Å². The smallest absolute Gasteiger partial charge is 0.342 e. The van der Waals surface area contributed by atoms with Gasteiger partial charge in [-0.1, -0.05) is 6.07 Å². The molecule has 0 radical (unpaired) electrons. The number of nitrogens with two attached hydrogens (primary N) is 1. The molecule has 1 aromatic carbocycles. The Morgan fingerprint density at radius 3 is 2.93 bits per heavy atom. The summed E-state index contributed by atoms with van der Waals surface area (Å²) >= 11 is 2.20. The monoisotopic (exact) mass is 316 g/mol. The third-order valence-electron chi connectivity index (χ3n) is 2.18. The Kier molecular flexibility index (Phi) is 2.56. The van der Waals surface area contributed by atoms with Gasteiger partial charge in [0, 0.05) is 14.5 Å². The fourth-order valence-corrected chi connectivity index (χ4v) is 2.00. The lowest BCUT2D eigenvalue weighted by molar-refractivity contribution is 0.0604. The minimum absolute atomic E-state index is 0.346. The van der Waals surface area contributed by atoms with Crippen LogP contribution in [-0.2, 0) is 4.74 Å². The zero-order valence-electron chi connectivity index (χ0n) is 8.00. The Balaban J connectivity index is 2.73. The zero-order chi connectivity index (χ0) is 11.0. The molecule has 4 nitrogen and oxygen atoms in total. The number of nitrogen functional groups attached to an aromatic ring is 1. The summed E-state index contributed by atoms with van der Waals surface area (Å²) in [6.45, 7) is 0. The molecule has 1 heterocycles. The molecule has 15 heavy (non-hydrogen) atoms. The van der Waals surface area contributed by atoms with Crippen molar-refractivity contribution in [3.05, 3.63) is 27.3 Å². The number of carbonyl (C=O) groups is 1. The molecule has 2 aromatic rings. The molecule has 3 N–H and O–H groups in total. The number of nitrogens with one attached hydrogen (secondary N) is 1. The van der Waals surface area contributed by atoms with Crippen LogP contribution >= 0.6 is 22.6 Å². The normalized spacial score (nSPS) is 10.5. The summed E-state index contributed by atoms with van der Waals surface area (Å²) in [5.74, 6) is -0.0705. The largest absolute Gasteiger partial charge is 0.465 e. The van der Waals surface area contributed by atoms with Crippen molar-refractivity contribution in [3.8, 4) is 0 Å². The summed E-state index contributed by atoms with van der Waals surface area (Å²) in [5.41, 5.74) is 6.97. The molecule has 0 spiro atoms. The Morgan fingerprint density at radius 2 is 2.27 bits per heavy atom. The van der Waals surface area contributed by atoms with Crippen molar-refractivity contribution in [2.45, 2.75) is 0 Å². The lowest BCUT2D eigenvalue weighted by atomic mass is 10.1. The van der Waals surface area contributed by atoms with Gasteiger partial charge >= 0.3 is 5.97 Å². The second-order valence-corrected chi connectivity index (χ2v) is 4.34. The van der Waals surface area contributed by atoms with Crippen LogP contribution in [0.3, 0.4) is 0 Å². The molecule has 0 atom stereocenters. The number of aromatic amines is 1. The van der Waals surface area contributed by atoms with Crippen molar-refractivity contribution in [1.29, 1.82) is 0 Å². The van der Waals surface area contributed by atoms with Crippen molar-refractivity contribution < 1.29 is 9.53 Å². The van der Waals surface area contributed by atoms with Crippen LogP contribution in [-0.4, -0.2) is 18.1 Å². The Bertz CT molecular complexity index is 533. The van der Waals surface area contributed by atoms with Gasteiger partial charge in [0.15, 0.2) is 0 Å². The van der Waals surface area contributed by atoms with Gasteiger partial charge < -0.3 is 15.5 Å². The molecule has 0 unspecified atom stereocenters. The van der Waals surface area contributed by atoms with Gasteiger partial charge in [0.05, 0.1) is 7.11 Å². The van der Waals surface area contributed by atoms with E-state index in [4.69, 9.17) is 5.73 Å². The van der Waals surface area contributed by atoms with Gasteiger partial charge in [0.1, 0.15) is 11.4 Å². The maximum atomic E-state index is 11.5. The highest BCUT2D eigenvalue weighted by Gasteiger charge is 2.16. The number of esters is 1. The van der Waals surface area contributed by atoms with Gasteiger partial charge in [-0.2, -0.15) is 0 Å². The summed E-state index contributed by atoms with van der Waals surface area (Å²) < 4.78 is 5.75. The predicted octanol–water partition coefficient (Wildman–Crippen LogP) is 2.14. The first kappa shape index (κ1) is 10.3. The van der Waals surface area contributed by atoms with Gasteiger partial charge in [-0.3, -0.25) is 0 Å². The molecule has 0 aliphatic rings. The van der Waals surface area contributed by atoms with Crippen LogP contribution in [0, 0.1) is 3.57 Å². The molecule has 78 valence electrons. The number of benzene rings is 1. The summed E-state index contributed by atoms with van der Waals surface area (Å²) in [4.78, 5) is 14.4. The lowest BCUT2D eigenvalue weighted by Crippen LogP contribution is -2.03. The first-order valence-electron chi connectivity index (χ1n) is 4.28. The summed E-state index contributed by atoms with van der Waals surface area (Å²) in [5, 5.41) is 0.791. The van der Waals surface area contributed by atoms with Crippen molar-refractivity contribution >= 4 is 45.3 Å². The number of halogens is 1. The highest BCUT2D eigenvalue weighted by molar-refractivity contribution is 14.1. The minimum atomic E-state index is -0.417. The second-order valence-electron chi connectivity index (χ2n) is 3.10. The van der Waals surface area contributed by atoms with E-state index in [1.54, 1.807) is 0 Å². The van der Waals surface area contributed by atoms with Crippen molar-refractivity contribution in [1.82, 2.24) is 4.98 Å². The van der Waals surface area contributed by atoms with E-state index < -0.39 is 5.97 Å². The Labute approximate surface area is 99.9 Å². The van der Waals surface area contributed by atoms with Crippen LogP contribution in [0.5, 0.6) is 0 Å². The summed E-state index contributed by atoms with van der Waals surface area (Å²) in [6, 6.07) is 5.71. The molecule has 0 aliphatic carbocycles. The number of carbonyl (C=O) groups excluding carboxylic acids is 1.